The van der Waals surface area contributed by atoms with Gasteiger partial charge in [0.25, 0.3) is 0 Å². The number of halogens is 2. The zero-order chi connectivity index (χ0) is 14.5. The summed E-state index contributed by atoms with van der Waals surface area (Å²) >= 11 is 3.18. The highest BCUT2D eigenvalue weighted by atomic mass is 79.9. The molecule has 1 atom stereocenters. The van der Waals surface area contributed by atoms with Gasteiger partial charge in [-0.25, -0.2) is 9.37 Å². The lowest BCUT2D eigenvalue weighted by Crippen LogP contribution is -2.31. The van der Waals surface area contributed by atoms with Gasteiger partial charge in [-0.05, 0) is 28.4 Å². The summed E-state index contributed by atoms with van der Waals surface area (Å²) in [5, 5.41) is 4.16. The average Bonchev–Trinajstić information content (AvgIpc) is 2.87. The lowest BCUT2D eigenvalue weighted by molar-refractivity contribution is 0.477. The van der Waals surface area contributed by atoms with E-state index in [4.69, 9.17) is 5.84 Å². The second-order valence-corrected chi connectivity index (χ2v) is 5.32. The molecule has 0 spiro atoms. The highest BCUT2D eigenvalue weighted by Crippen LogP contribution is 2.25. The van der Waals surface area contributed by atoms with E-state index in [-0.39, 0.29) is 11.9 Å². The first-order valence-corrected chi connectivity index (χ1v) is 7.23. The fraction of sp³-hybridized carbons (Fsp3) is 0.385. The smallest absolute Gasteiger partial charge is 0.142 e. The molecule has 1 aromatic carbocycles. The molecular weight excluding hydrogens is 325 g/mol. The van der Waals surface area contributed by atoms with Gasteiger partial charge in [0, 0.05) is 18.5 Å². The molecule has 0 bridgehead atoms. The van der Waals surface area contributed by atoms with Gasteiger partial charge in [0.15, 0.2) is 0 Å². The molecule has 5 nitrogen and oxygen atoms in total. The maximum Gasteiger partial charge on any atom is 0.142 e. The Hall–Kier alpha value is -1.31. The van der Waals surface area contributed by atoms with Crippen LogP contribution in [-0.4, -0.2) is 14.8 Å². The molecule has 108 valence electrons. The Morgan fingerprint density at radius 2 is 2.30 bits per heavy atom. The second kappa shape index (κ2) is 6.92. The monoisotopic (exact) mass is 341 g/mol. The van der Waals surface area contributed by atoms with E-state index in [0.29, 0.717) is 16.5 Å². The molecule has 2 rings (SSSR count). The third kappa shape index (κ3) is 3.23. The van der Waals surface area contributed by atoms with Gasteiger partial charge in [0.1, 0.15) is 18.0 Å². The van der Waals surface area contributed by atoms with Gasteiger partial charge < -0.3 is 0 Å². The number of aromatic nitrogens is 3. The standard InChI is InChI=1S/C13H17BrFN5/c1-2-6-20-12(17-8-18-20)7-11(19-16)9-4-3-5-10(14)13(9)15/h3-5,8,11,19H,2,6-7,16H2,1H3. The van der Waals surface area contributed by atoms with Gasteiger partial charge >= 0.3 is 0 Å². The minimum absolute atomic E-state index is 0.308. The van der Waals surface area contributed by atoms with Gasteiger partial charge in [-0.1, -0.05) is 19.1 Å². The predicted octanol–water partition coefficient (Wildman–Crippen LogP) is 2.34. The van der Waals surface area contributed by atoms with Crippen molar-refractivity contribution >= 4 is 15.9 Å². The van der Waals surface area contributed by atoms with Crippen LogP contribution in [0.15, 0.2) is 29.0 Å². The summed E-state index contributed by atoms with van der Waals surface area (Å²) in [6.45, 7) is 2.85. The van der Waals surface area contributed by atoms with Crippen molar-refractivity contribution in [2.75, 3.05) is 0 Å². The van der Waals surface area contributed by atoms with E-state index < -0.39 is 0 Å². The quantitative estimate of drug-likeness (QED) is 0.625. The van der Waals surface area contributed by atoms with Crippen LogP contribution in [0.2, 0.25) is 0 Å². The highest BCUT2D eigenvalue weighted by molar-refractivity contribution is 9.10. The summed E-state index contributed by atoms with van der Waals surface area (Å²) in [5.41, 5.74) is 3.16. The molecule has 0 fully saturated rings. The molecule has 0 aliphatic rings. The molecule has 3 N–H and O–H groups in total. The fourth-order valence-electron chi connectivity index (χ4n) is 2.08. The lowest BCUT2D eigenvalue weighted by Gasteiger charge is -2.17. The number of hydrazine groups is 1. The number of hydrogen-bond donors (Lipinski definition) is 2. The number of aryl methyl sites for hydroxylation is 1. The molecule has 1 heterocycles. The Morgan fingerprint density at radius 3 is 3.00 bits per heavy atom. The first-order valence-electron chi connectivity index (χ1n) is 6.44. The fourth-order valence-corrected chi connectivity index (χ4v) is 2.46. The zero-order valence-corrected chi connectivity index (χ0v) is 12.8. The largest absolute Gasteiger partial charge is 0.271 e. The number of nitrogens with one attached hydrogen (secondary N) is 1. The molecule has 0 saturated carbocycles. The zero-order valence-electron chi connectivity index (χ0n) is 11.2. The minimum Gasteiger partial charge on any atom is -0.271 e. The van der Waals surface area contributed by atoms with E-state index in [1.54, 1.807) is 18.2 Å². The van der Waals surface area contributed by atoms with Crippen LogP contribution in [0, 0.1) is 5.82 Å². The number of rotatable bonds is 6. The van der Waals surface area contributed by atoms with E-state index >= 15 is 0 Å². The number of benzene rings is 1. The van der Waals surface area contributed by atoms with Crippen LogP contribution in [0.3, 0.4) is 0 Å². The summed E-state index contributed by atoms with van der Waals surface area (Å²) in [6, 6.07) is 4.80. The lowest BCUT2D eigenvalue weighted by atomic mass is 10.0. The molecule has 1 unspecified atom stereocenters. The van der Waals surface area contributed by atoms with Crippen molar-refractivity contribution in [1.82, 2.24) is 20.2 Å². The van der Waals surface area contributed by atoms with Crippen LogP contribution in [0.5, 0.6) is 0 Å². The van der Waals surface area contributed by atoms with Crippen LogP contribution in [0.1, 0.15) is 30.8 Å². The van der Waals surface area contributed by atoms with Crippen molar-refractivity contribution in [3.05, 3.63) is 46.2 Å². The molecule has 0 saturated heterocycles. The third-order valence-electron chi connectivity index (χ3n) is 3.08. The van der Waals surface area contributed by atoms with Crippen molar-refractivity contribution in [1.29, 1.82) is 0 Å². The maximum atomic E-state index is 14.1. The predicted molar refractivity (Wildman–Crippen MR) is 78.2 cm³/mol. The summed E-state index contributed by atoms with van der Waals surface area (Å²) < 4.78 is 16.4. The summed E-state index contributed by atoms with van der Waals surface area (Å²) in [6.07, 6.45) is 2.95. The van der Waals surface area contributed by atoms with Gasteiger partial charge in [-0.3, -0.25) is 16.0 Å². The molecule has 2 aromatic rings. The Morgan fingerprint density at radius 1 is 1.50 bits per heavy atom. The molecule has 1 aromatic heterocycles. The average molecular weight is 342 g/mol. The summed E-state index contributed by atoms with van der Waals surface area (Å²) in [4.78, 5) is 4.22. The molecular formula is C13H17BrFN5. The van der Waals surface area contributed by atoms with E-state index in [1.807, 2.05) is 4.68 Å². The normalized spacial score (nSPS) is 12.6. The first kappa shape index (κ1) is 15.1. The van der Waals surface area contributed by atoms with Crippen LogP contribution < -0.4 is 11.3 Å². The van der Waals surface area contributed by atoms with Crippen LogP contribution in [-0.2, 0) is 13.0 Å². The topological polar surface area (TPSA) is 68.8 Å². The van der Waals surface area contributed by atoms with Gasteiger partial charge in [0.05, 0.1) is 10.5 Å². The SMILES string of the molecule is CCCn1ncnc1CC(NN)c1cccc(Br)c1F. The summed E-state index contributed by atoms with van der Waals surface area (Å²) in [5.74, 6) is 6.05. The van der Waals surface area contributed by atoms with E-state index in [9.17, 15) is 4.39 Å². The number of nitrogens with two attached hydrogens (primary N) is 1. The Kier molecular flexibility index (Phi) is 5.22. The van der Waals surface area contributed by atoms with E-state index in [0.717, 1.165) is 18.8 Å². The van der Waals surface area contributed by atoms with Gasteiger partial charge in [0.2, 0.25) is 0 Å². The van der Waals surface area contributed by atoms with Gasteiger partial charge in [-0.2, -0.15) is 5.10 Å². The van der Waals surface area contributed by atoms with Gasteiger partial charge in [-0.15, -0.1) is 0 Å². The van der Waals surface area contributed by atoms with Crippen LogP contribution in [0.4, 0.5) is 4.39 Å². The second-order valence-electron chi connectivity index (χ2n) is 4.47. The van der Waals surface area contributed by atoms with Crippen LogP contribution >= 0.6 is 15.9 Å². The van der Waals surface area contributed by atoms with Crippen LogP contribution in [0.25, 0.3) is 0 Å². The number of nitrogens with zero attached hydrogens (tertiary/aromatic N) is 3. The Labute approximate surface area is 125 Å². The molecule has 7 heteroatoms. The highest BCUT2D eigenvalue weighted by Gasteiger charge is 2.19. The third-order valence-corrected chi connectivity index (χ3v) is 3.69. The summed E-state index contributed by atoms with van der Waals surface area (Å²) in [7, 11) is 0. The molecule has 0 amide bonds. The maximum absolute atomic E-state index is 14.1. The van der Waals surface area contributed by atoms with Crippen molar-refractivity contribution in [2.24, 2.45) is 5.84 Å². The molecule has 0 aliphatic heterocycles. The Balaban J connectivity index is 2.24. The van der Waals surface area contributed by atoms with Crippen molar-refractivity contribution < 1.29 is 4.39 Å². The van der Waals surface area contributed by atoms with Crippen molar-refractivity contribution in [2.45, 2.75) is 32.4 Å². The molecule has 0 radical (unpaired) electrons. The van der Waals surface area contributed by atoms with Crippen molar-refractivity contribution in [3.63, 3.8) is 0 Å². The van der Waals surface area contributed by atoms with E-state index in [2.05, 4.69) is 38.4 Å². The first-order chi connectivity index (χ1) is 9.67. The number of hydrogen-bond acceptors (Lipinski definition) is 4. The minimum atomic E-state index is -0.354. The Bertz CT molecular complexity index is 572. The molecule has 0 aliphatic carbocycles. The van der Waals surface area contributed by atoms with Crippen molar-refractivity contribution in [3.8, 4) is 0 Å². The van der Waals surface area contributed by atoms with E-state index in [1.165, 1.54) is 6.33 Å². The molecule has 20 heavy (non-hydrogen) atoms.